The summed E-state index contributed by atoms with van der Waals surface area (Å²) in [5, 5.41) is 8.60. The summed E-state index contributed by atoms with van der Waals surface area (Å²) >= 11 is 0. The van der Waals surface area contributed by atoms with Gasteiger partial charge in [-0.05, 0) is 12.8 Å². The molecular formula is C11H18O4. The van der Waals surface area contributed by atoms with Crippen molar-refractivity contribution < 1.29 is 19.4 Å². The number of carbonyl (C=O) groups excluding carboxylic acids is 1. The second kappa shape index (κ2) is 8.03. The Morgan fingerprint density at radius 2 is 2.13 bits per heavy atom. The molecule has 0 radical (unpaired) electrons. The Kier molecular flexibility index (Phi) is 7.32. The van der Waals surface area contributed by atoms with Crippen LogP contribution >= 0.6 is 0 Å². The third-order valence-electron chi connectivity index (χ3n) is 2.05. The Morgan fingerprint density at radius 1 is 1.47 bits per heavy atom. The zero-order valence-corrected chi connectivity index (χ0v) is 9.07. The smallest absolute Gasteiger partial charge is 0.306 e. The molecule has 1 N–H and O–H groups in total. The predicted octanol–water partition coefficient (Wildman–Crippen LogP) is 2.00. The molecular weight excluding hydrogens is 196 g/mol. The van der Waals surface area contributed by atoms with E-state index in [1.807, 2.05) is 0 Å². The third kappa shape index (κ3) is 7.73. The van der Waals surface area contributed by atoms with Gasteiger partial charge in [-0.25, -0.2) is 0 Å². The lowest BCUT2D eigenvalue weighted by molar-refractivity contribution is -0.142. The minimum absolute atomic E-state index is 0.240. The molecule has 0 bridgehead atoms. The minimum atomic E-state index is -0.788. The fourth-order valence-corrected chi connectivity index (χ4v) is 1.07. The summed E-state index contributed by atoms with van der Waals surface area (Å²) in [6.45, 7) is 5.33. The topological polar surface area (TPSA) is 63.6 Å². The van der Waals surface area contributed by atoms with Crippen LogP contribution in [-0.2, 0) is 14.3 Å². The van der Waals surface area contributed by atoms with Crippen LogP contribution in [0.4, 0.5) is 0 Å². The first-order valence-corrected chi connectivity index (χ1v) is 5.07. The SMILES string of the molecule is C=CCOC(=O)CCCCC(C)C(=O)O. The molecule has 0 fully saturated rings. The molecule has 0 aliphatic carbocycles. The van der Waals surface area contributed by atoms with Crippen LogP contribution in [0.2, 0.25) is 0 Å². The van der Waals surface area contributed by atoms with Gasteiger partial charge >= 0.3 is 11.9 Å². The van der Waals surface area contributed by atoms with Gasteiger partial charge in [0.05, 0.1) is 5.92 Å². The van der Waals surface area contributed by atoms with E-state index in [1.54, 1.807) is 6.92 Å². The Hall–Kier alpha value is -1.32. The number of esters is 1. The normalized spacial score (nSPS) is 11.8. The number of carboxylic acid groups (broad SMARTS) is 1. The molecule has 0 spiro atoms. The van der Waals surface area contributed by atoms with Crippen LogP contribution in [-0.4, -0.2) is 23.7 Å². The van der Waals surface area contributed by atoms with Crippen LogP contribution < -0.4 is 0 Å². The van der Waals surface area contributed by atoms with E-state index >= 15 is 0 Å². The number of carboxylic acids is 1. The average molecular weight is 214 g/mol. The van der Waals surface area contributed by atoms with Crippen molar-refractivity contribution in [3.05, 3.63) is 12.7 Å². The first kappa shape index (κ1) is 13.7. The van der Waals surface area contributed by atoms with Crippen LogP contribution in [0.5, 0.6) is 0 Å². The van der Waals surface area contributed by atoms with E-state index in [4.69, 9.17) is 9.84 Å². The molecule has 0 aliphatic rings. The number of ether oxygens (including phenoxy) is 1. The highest BCUT2D eigenvalue weighted by Gasteiger charge is 2.10. The van der Waals surface area contributed by atoms with Crippen LogP contribution in [0, 0.1) is 5.92 Å². The molecule has 0 saturated heterocycles. The van der Waals surface area contributed by atoms with E-state index in [2.05, 4.69) is 6.58 Å². The number of unbranched alkanes of at least 4 members (excludes halogenated alkanes) is 1. The zero-order chi connectivity index (χ0) is 11.7. The Balaban J connectivity index is 3.41. The molecule has 0 aromatic rings. The maximum atomic E-state index is 11.0. The molecule has 0 rings (SSSR count). The van der Waals surface area contributed by atoms with Crippen molar-refractivity contribution in [1.29, 1.82) is 0 Å². The summed E-state index contributed by atoms with van der Waals surface area (Å²) < 4.78 is 4.77. The van der Waals surface area contributed by atoms with Gasteiger partial charge in [-0.15, -0.1) is 0 Å². The van der Waals surface area contributed by atoms with E-state index in [-0.39, 0.29) is 18.5 Å². The van der Waals surface area contributed by atoms with Crippen molar-refractivity contribution in [3.63, 3.8) is 0 Å². The molecule has 0 amide bonds. The molecule has 0 aromatic carbocycles. The van der Waals surface area contributed by atoms with Crippen LogP contribution in [0.25, 0.3) is 0 Å². The Labute approximate surface area is 89.9 Å². The van der Waals surface area contributed by atoms with Crippen LogP contribution in [0.15, 0.2) is 12.7 Å². The van der Waals surface area contributed by atoms with Crippen LogP contribution in [0.3, 0.4) is 0 Å². The lowest BCUT2D eigenvalue weighted by atomic mass is 10.0. The van der Waals surface area contributed by atoms with Gasteiger partial charge in [0.15, 0.2) is 0 Å². The fourth-order valence-electron chi connectivity index (χ4n) is 1.07. The monoisotopic (exact) mass is 214 g/mol. The lowest BCUT2D eigenvalue weighted by Gasteiger charge is -2.05. The fraction of sp³-hybridized carbons (Fsp3) is 0.636. The molecule has 0 heterocycles. The Bertz CT molecular complexity index is 223. The molecule has 1 atom stereocenters. The highest BCUT2D eigenvalue weighted by Crippen LogP contribution is 2.09. The molecule has 0 aromatic heterocycles. The molecule has 86 valence electrons. The number of carbonyl (C=O) groups is 2. The van der Waals surface area contributed by atoms with Gasteiger partial charge in [0.1, 0.15) is 6.61 Å². The lowest BCUT2D eigenvalue weighted by Crippen LogP contribution is -2.09. The van der Waals surface area contributed by atoms with Crippen molar-refractivity contribution in [3.8, 4) is 0 Å². The predicted molar refractivity (Wildman–Crippen MR) is 56.4 cm³/mol. The van der Waals surface area contributed by atoms with E-state index < -0.39 is 5.97 Å². The minimum Gasteiger partial charge on any atom is -0.481 e. The molecule has 1 unspecified atom stereocenters. The van der Waals surface area contributed by atoms with Crippen molar-refractivity contribution >= 4 is 11.9 Å². The molecule has 4 nitrogen and oxygen atoms in total. The molecule has 15 heavy (non-hydrogen) atoms. The second-order valence-electron chi connectivity index (χ2n) is 3.46. The van der Waals surface area contributed by atoms with Gasteiger partial charge in [-0.1, -0.05) is 26.0 Å². The quantitative estimate of drug-likeness (QED) is 0.381. The summed E-state index contributed by atoms with van der Waals surface area (Å²) in [4.78, 5) is 21.5. The second-order valence-corrected chi connectivity index (χ2v) is 3.46. The maximum absolute atomic E-state index is 11.0. The summed E-state index contributed by atoms with van der Waals surface area (Å²) in [5.41, 5.74) is 0. The van der Waals surface area contributed by atoms with Gasteiger partial charge in [0, 0.05) is 6.42 Å². The van der Waals surface area contributed by atoms with Gasteiger partial charge in [-0.3, -0.25) is 9.59 Å². The molecule has 0 aliphatic heterocycles. The maximum Gasteiger partial charge on any atom is 0.306 e. The largest absolute Gasteiger partial charge is 0.481 e. The number of rotatable bonds is 8. The van der Waals surface area contributed by atoms with Gasteiger partial charge in [-0.2, -0.15) is 0 Å². The number of hydrogen-bond donors (Lipinski definition) is 1. The van der Waals surface area contributed by atoms with Gasteiger partial charge < -0.3 is 9.84 Å². The van der Waals surface area contributed by atoms with E-state index in [9.17, 15) is 9.59 Å². The summed E-state index contributed by atoms with van der Waals surface area (Å²) in [5.74, 6) is -1.38. The first-order valence-electron chi connectivity index (χ1n) is 5.07. The number of hydrogen-bond acceptors (Lipinski definition) is 3. The van der Waals surface area contributed by atoms with Gasteiger partial charge in [0.25, 0.3) is 0 Å². The van der Waals surface area contributed by atoms with Crippen molar-refractivity contribution in [2.45, 2.75) is 32.6 Å². The first-order chi connectivity index (χ1) is 7.07. The van der Waals surface area contributed by atoms with E-state index in [1.165, 1.54) is 6.08 Å². The van der Waals surface area contributed by atoms with E-state index in [0.29, 0.717) is 19.3 Å². The van der Waals surface area contributed by atoms with Gasteiger partial charge in [0.2, 0.25) is 0 Å². The van der Waals surface area contributed by atoms with E-state index in [0.717, 1.165) is 6.42 Å². The van der Waals surface area contributed by atoms with Crippen molar-refractivity contribution in [2.75, 3.05) is 6.61 Å². The Morgan fingerprint density at radius 3 is 2.67 bits per heavy atom. The number of aliphatic carboxylic acids is 1. The van der Waals surface area contributed by atoms with Crippen molar-refractivity contribution in [1.82, 2.24) is 0 Å². The van der Waals surface area contributed by atoms with Crippen molar-refractivity contribution in [2.24, 2.45) is 5.92 Å². The highest BCUT2D eigenvalue weighted by atomic mass is 16.5. The highest BCUT2D eigenvalue weighted by molar-refractivity contribution is 5.70. The average Bonchev–Trinajstić information content (AvgIpc) is 2.20. The molecule has 0 saturated carbocycles. The molecule has 4 heteroatoms. The third-order valence-corrected chi connectivity index (χ3v) is 2.05. The standard InChI is InChI=1S/C11H18O4/c1-3-8-15-10(12)7-5-4-6-9(2)11(13)14/h3,9H,1,4-8H2,2H3,(H,13,14). The summed E-state index contributed by atoms with van der Waals surface area (Å²) in [6.07, 6.45) is 3.87. The zero-order valence-electron chi connectivity index (χ0n) is 9.07. The summed E-state index contributed by atoms with van der Waals surface area (Å²) in [6, 6.07) is 0. The summed E-state index contributed by atoms with van der Waals surface area (Å²) in [7, 11) is 0. The van der Waals surface area contributed by atoms with Crippen LogP contribution in [0.1, 0.15) is 32.6 Å².